The standard InChI is InChI=1S/C17H27N3O/c1-14(2)19-17(16(18)21,15-9-5-3-6-10-15)13-20-11-7-4-8-12-20/h3,5-6,9-10,14,19H,4,7-8,11-13H2,1-2H3,(H2,18,21). The van der Waals surface area contributed by atoms with Gasteiger partial charge in [0.15, 0.2) is 0 Å². The third-order valence-corrected chi connectivity index (χ3v) is 4.13. The first-order valence-electron chi connectivity index (χ1n) is 7.90. The van der Waals surface area contributed by atoms with Crippen molar-refractivity contribution in [2.45, 2.75) is 44.7 Å². The van der Waals surface area contributed by atoms with Gasteiger partial charge in [-0.05, 0) is 45.3 Å². The molecule has 1 unspecified atom stereocenters. The van der Waals surface area contributed by atoms with Crippen molar-refractivity contribution in [3.05, 3.63) is 35.9 Å². The molecule has 1 atom stereocenters. The second-order valence-corrected chi connectivity index (χ2v) is 6.27. The molecule has 116 valence electrons. The normalized spacial score (nSPS) is 19.4. The molecule has 1 fully saturated rings. The molecule has 21 heavy (non-hydrogen) atoms. The number of nitrogens with zero attached hydrogens (tertiary/aromatic N) is 1. The molecule has 4 nitrogen and oxygen atoms in total. The van der Waals surface area contributed by atoms with Gasteiger partial charge in [-0.3, -0.25) is 10.1 Å². The van der Waals surface area contributed by atoms with Gasteiger partial charge in [0.2, 0.25) is 5.91 Å². The molecule has 1 aromatic rings. The van der Waals surface area contributed by atoms with E-state index in [9.17, 15) is 4.79 Å². The van der Waals surface area contributed by atoms with Crippen LogP contribution in [0.15, 0.2) is 30.3 Å². The van der Waals surface area contributed by atoms with Crippen molar-refractivity contribution in [3.8, 4) is 0 Å². The zero-order valence-corrected chi connectivity index (χ0v) is 13.1. The minimum Gasteiger partial charge on any atom is -0.368 e. The average Bonchev–Trinajstić information content (AvgIpc) is 2.48. The molecular weight excluding hydrogens is 262 g/mol. The van der Waals surface area contributed by atoms with Crippen LogP contribution in [-0.4, -0.2) is 36.5 Å². The van der Waals surface area contributed by atoms with Crippen LogP contribution in [0.4, 0.5) is 0 Å². The Bertz CT molecular complexity index is 454. The summed E-state index contributed by atoms with van der Waals surface area (Å²) in [5.41, 5.74) is 5.98. The van der Waals surface area contributed by atoms with Gasteiger partial charge in [-0.15, -0.1) is 0 Å². The summed E-state index contributed by atoms with van der Waals surface area (Å²) in [6.07, 6.45) is 3.68. The maximum atomic E-state index is 12.4. The maximum Gasteiger partial charge on any atom is 0.243 e. The number of amides is 1. The summed E-state index contributed by atoms with van der Waals surface area (Å²) in [4.78, 5) is 14.7. The number of nitrogens with two attached hydrogens (primary N) is 1. The van der Waals surface area contributed by atoms with E-state index in [0.717, 1.165) is 18.7 Å². The highest BCUT2D eigenvalue weighted by Gasteiger charge is 2.40. The van der Waals surface area contributed by atoms with Crippen LogP contribution in [0.2, 0.25) is 0 Å². The van der Waals surface area contributed by atoms with E-state index in [4.69, 9.17) is 5.73 Å². The van der Waals surface area contributed by atoms with Gasteiger partial charge in [-0.25, -0.2) is 0 Å². The van der Waals surface area contributed by atoms with E-state index in [0.29, 0.717) is 6.54 Å². The molecule has 1 saturated heterocycles. The van der Waals surface area contributed by atoms with Crippen LogP contribution in [0.3, 0.4) is 0 Å². The van der Waals surface area contributed by atoms with E-state index >= 15 is 0 Å². The topological polar surface area (TPSA) is 58.4 Å². The quantitative estimate of drug-likeness (QED) is 0.840. The number of benzene rings is 1. The highest BCUT2D eigenvalue weighted by Crippen LogP contribution is 2.25. The molecule has 2 rings (SSSR count). The van der Waals surface area contributed by atoms with Crippen molar-refractivity contribution in [3.63, 3.8) is 0 Å². The molecule has 1 aliphatic heterocycles. The van der Waals surface area contributed by atoms with Gasteiger partial charge in [0.25, 0.3) is 0 Å². The number of hydrogen-bond acceptors (Lipinski definition) is 3. The smallest absolute Gasteiger partial charge is 0.243 e. The number of primary amides is 1. The summed E-state index contributed by atoms with van der Waals surface area (Å²) in [5, 5.41) is 3.44. The Labute approximate surface area is 127 Å². The van der Waals surface area contributed by atoms with Crippen molar-refractivity contribution >= 4 is 5.91 Å². The Hall–Kier alpha value is -1.39. The largest absolute Gasteiger partial charge is 0.368 e. The molecule has 1 heterocycles. The molecule has 0 saturated carbocycles. The Morgan fingerprint density at radius 2 is 1.86 bits per heavy atom. The zero-order chi connectivity index (χ0) is 15.3. The van der Waals surface area contributed by atoms with Crippen molar-refractivity contribution in [1.82, 2.24) is 10.2 Å². The summed E-state index contributed by atoms with van der Waals surface area (Å²) >= 11 is 0. The Morgan fingerprint density at radius 3 is 2.38 bits per heavy atom. The number of piperidine rings is 1. The van der Waals surface area contributed by atoms with Crippen LogP contribution in [0.5, 0.6) is 0 Å². The average molecular weight is 289 g/mol. The summed E-state index contributed by atoms with van der Waals surface area (Å²) in [5.74, 6) is -0.298. The number of rotatable bonds is 6. The fourth-order valence-corrected chi connectivity index (χ4v) is 3.18. The van der Waals surface area contributed by atoms with Gasteiger partial charge >= 0.3 is 0 Å². The second kappa shape index (κ2) is 7.05. The van der Waals surface area contributed by atoms with Gasteiger partial charge in [0.05, 0.1) is 0 Å². The van der Waals surface area contributed by atoms with Gasteiger partial charge in [0, 0.05) is 12.6 Å². The number of nitrogens with one attached hydrogen (secondary N) is 1. The lowest BCUT2D eigenvalue weighted by Crippen LogP contribution is -2.61. The lowest BCUT2D eigenvalue weighted by molar-refractivity contribution is -0.126. The molecule has 1 aromatic carbocycles. The van der Waals surface area contributed by atoms with Crippen molar-refractivity contribution in [2.75, 3.05) is 19.6 Å². The Balaban J connectivity index is 2.33. The SMILES string of the molecule is CC(C)NC(CN1CCCCC1)(C(N)=O)c1ccccc1. The highest BCUT2D eigenvalue weighted by molar-refractivity contribution is 5.86. The molecule has 0 spiro atoms. The van der Waals surface area contributed by atoms with E-state index in [1.54, 1.807) is 0 Å². The van der Waals surface area contributed by atoms with E-state index in [1.807, 2.05) is 30.3 Å². The third kappa shape index (κ3) is 3.83. The minimum atomic E-state index is -0.813. The first-order chi connectivity index (χ1) is 10.0. The van der Waals surface area contributed by atoms with E-state index in [-0.39, 0.29) is 11.9 Å². The zero-order valence-electron chi connectivity index (χ0n) is 13.1. The molecule has 0 bridgehead atoms. The maximum absolute atomic E-state index is 12.4. The molecule has 0 radical (unpaired) electrons. The van der Waals surface area contributed by atoms with Gasteiger partial charge in [0.1, 0.15) is 5.54 Å². The van der Waals surface area contributed by atoms with Crippen molar-refractivity contribution < 1.29 is 4.79 Å². The van der Waals surface area contributed by atoms with Crippen molar-refractivity contribution in [2.24, 2.45) is 5.73 Å². The monoisotopic (exact) mass is 289 g/mol. The van der Waals surface area contributed by atoms with Crippen LogP contribution in [0.1, 0.15) is 38.7 Å². The molecule has 1 aliphatic rings. The molecule has 3 N–H and O–H groups in total. The van der Waals surface area contributed by atoms with E-state index in [2.05, 4.69) is 24.1 Å². The predicted molar refractivity (Wildman–Crippen MR) is 85.9 cm³/mol. The van der Waals surface area contributed by atoms with Crippen LogP contribution in [-0.2, 0) is 10.3 Å². The number of carbonyl (C=O) groups excluding carboxylic acids is 1. The minimum absolute atomic E-state index is 0.183. The second-order valence-electron chi connectivity index (χ2n) is 6.27. The van der Waals surface area contributed by atoms with Gasteiger partial charge in [-0.1, -0.05) is 36.8 Å². The highest BCUT2D eigenvalue weighted by atomic mass is 16.1. The number of hydrogen-bond donors (Lipinski definition) is 2. The number of likely N-dealkylation sites (tertiary alicyclic amines) is 1. The van der Waals surface area contributed by atoms with E-state index in [1.165, 1.54) is 19.3 Å². The first-order valence-corrected chi connectivity index (χ1v) is 7.90. The number of carbonyl (C=O) groups is 1. The summed E-state index contributed by atoms with van der Waals surface area (Å²) in [6, 6.07) is 10.1. The Kier molecular flexibility index (Phi) is 5.37. The van der Waals surface area contributed by atoms with Crippen molar-refractivity contribution in [1.29, 1.82) is 0 Å². The first kappa shape index (κ1) is 16.0. The summed E-state index contributed by atoms with van der Waals surface area (Å²) in [7, 11) is 0. The molecule has 0 aliphatic carbocycles. The predicted octanol–water partition coefficient (Wildman–Crippen LogP) is 1.85. The molecular formula is C17H27N3O. The summed E-state index contributed by atoms with van der Waals surface area (Å²) in [6.45, 7) is 6.83. The summed E-state index contributed by atoms with van der Waals surface area (Å²) < 4.78 is 0. The molecule has 0 aromatic heterocycles. The van der Waals surface area contributed by atoms with Crippen LogP contribution >= 0.6 is 0 Å². The fraction of sp³-hybridized carbons (Fsp3) is 0.588. The molecule has 4 heteroatoms. The van der Waals surface area contributed by atoms with Crippen LogP contribution < -0.4 is 11.1 Å². The lowest BCUT2D eigenvalue weighted by atomic mass is 9.87. The fourth-order valence-electron chi connectivity index (χ4n) is 3.18. The van der Waals surface area contributed by atoms with Crippen LogP contribution in [0.25, 0.3) is 0 Å². The lowest BCUT2D eigenvalue weighted by Gasteiger charge is -2.40. The van der Waals surface area contributed by atoms with Gasteiger partial charge < -0.3 is 10.6 Å². The Morgan fingerprint density at radius 1 is 1.24 bits per heavy atom. The third-order valence-electron chi connectivity index (χ3n) is 4.13. The van der Waals surface area contributed by atoms with Crippen LogP contribution in [0, 0.1) is 0 Å². The van der Waals surface area contributed by atoms with E-state index < -0.39 is 5.54 Å². The molecule has 1 amide bonds. The van der Waals surface area contributed by atoms with Gasteiger partial charge in [-0.2, -0.15) is 0 Å².